The summed E-state index contributed by atoms with van der Waals surface area (Å²) >= 11 is 0. The highest BCUT2D eigenvalue weighted by molar-refractivity contribution is 5.94. The van der Waals surface area contributed by atoms with Crippen LogP contribution in [0.15, 0.2) is 42.5 Å². The van der Waals surface area contributed by atoms with Gasteiger partial charge in [-0.1, -0.05) is 66.7 Å². The summed E-state index contributed by atoms with van der Waals surface area (Å²) in [5.74, 6) is 0.856. The predicted octanol–water partition coefficient (Wildman–Crippen LogP) is 7.18. The lowest BCUT2D eigenvalue weighted by Crippen LogP contribution is -2.31. The Balaban J connectivity index is 2.48. The van der Waals surface area contributed by atoms with Crippen LogP contribution in [0.3, 0.4) is 0 Å². The molecular weight excluding hydrogens is 338 g/mol. The summed E-state index contributed by atoms with van der Waals surface area (Å²) in [5.41, 5.74) is 7.35. The zero-order chi connectivity index (χ0) is 22.5. The van der Waals surface area contributed by atoms with Crippen molar-refractivity contribution in [2.24, 2.45) is 7.05 Å². The summed E-state index contributed by atoms with van der Waals surface area (Å²) in [6.07, 6.45) is 0.254. The number of rotatable bonds is 3. The van der Waals surface area contributed by atoms with Crippen LogP contribution in [0.5, 0.6) is 0 Å². The maximum absolute atomic E-state index is 8.66. The number of fused-ring (bicyclic) bond motifs is 1. The van der Waals surface area contributed by atoms with Gasteiger partial charge in [0.1, 0.15) is 8.42 Å². The maximum atomic E-state index is 8.66. The first-order valence-corrected chi connectivity index (χ1v) is 10.4. The third kappa shape index (κ3) is 3.72. The second kappa shape index (κ2) is 7.35. The molecule has 0 atom stereocenters. The summed E-state index contributed by atoms with van der Waals surface area (Å²) in [6.45, 7) is 17.7. The van der Waals surface area contributed by atoms with Crippen molar-refractivity contribution in [3.05, 3.63) is 64.8 Å². The lowest BCUT2D eigenvalue weighted by atomic mass is 9.84. The first-order valence-electron chi connectivity index (χ1n) is 11.4. The zero-order valence-corrected chi connectivity index (χ0v) is 19.0. The first-order chi connectivity index (χ1) is 13.8. The molecule has 28 heavy (non-hydrogen) atoms. The van der Waals surface area contributed by atoms with E-state index in [2.05, 4.69) is 85.7 Å². The number of nitrogens with zero attached hydrogens (tertiary/aromatic N) is 1. The lowest BCUT2D eigenvalue weighted by molar-refractivity contribution is -0.659. The van der Waals surface area contributed by atoms with E-state index in [4.69, 9.17) is 2.74 Å². The summed E-state index contributed by atoms with van der Waals surface area (Å²) in [4.78, 5) is 0. The Morgan fingerprint density at radius 1 is 0.964 bits per heavy atom. The molecule has 0 saturated carbocycles. The molecule has 0 aliphatic rings. The average molecular weight is 377 g/mol. The molecule has 0 amide bonds. The molecule has 0 bridgehead atoms. The SMILES string of the molecule is [2H]c1c([2H])[n+](C)c(-c2cc(C(C)C)cc(C(C)C)c2C)c2ccc(C(C)(C)C)cc12. The minimum Gasteiger partial charge on any atom is -0.200 e. The van der Waals surface area contributed by atoms with Crippen molar-refractivity contribution in [1.82, 2.24) is 0 Å². The topological polar surface area (TPSA) is 3.88 Å². The van der Waals surface area contributed by atoms with Crippen LogP contribution in [0, 0.1) is 6.92 Å². The second-order valence-corrected chi connectivity index (χ2v) is 9.75. The lowest BCUT2D eigenvalue weighted by Gasteiger charge is -2.20. The molecule has 1 aromatic heterocycles. The fraction of sp³-hybridized carbons (Fsp3) is 0.444. The highest BCUT2D eigenvalue weighted by Gasteiger charge is 2.22. The van der Waals surface area contributed by atoms with Crippen molar-refractivity contribution in [1.29, 1.82) is 0 Å². The highest BCUT2D eigenvalue weighted by atomic mass is 14.9. The Morgan fingerprint density at radius 3 is 2.21 bits per heavy atom. The van der Waals surface area contributed by atoms with Crippen LogP contribution in [-0.2, 0) is 12.5 Å². The molecule has 0 unspecified atom stereocenters. The summed E-state index contributed by atoms with van der Waals surface area (Å²) in [5, 5.41) is 1.91. The molecule has 1 heterocycles. The Morgan fingerprint density at radius 2 is 1.64 bits per heavy atom. The van der Waals surface area contributed by atoms with Crippen LogP contribution in [-0.4, -0.2) is 0 Å². The van der Waals surface area contributed by atoms with Crippen LogP contribution in [0.4, 0.5) is 0 Å². The van der Waals surface area contributed by atoms with Crippen molar-refractivity contribution in [2.75, 3.05) is 0 Å². The fourth-order valence-corrected chi connectivity index (χ4v) is 3.97. The van der Waals surface area contributed by atoms with Gasteiger partial charge in [-0.25, -0.2) is 4.57 Å². The van der Waals surface area contributed by atoms with Gasteiger partial charge in [-0.2, -0.15) is 0 Å². The number of hydrogen-bond donors (Lipinski definition) is 0. The van der Waals surface area contributed by atoms with E-state index in [1.54, 1.807) is 0 Å². The number of pyridine rings is 1. The zero-order valence-electron chi connectivity index (χ0n) is 21.0. The molecule has 0 aliphatic heterocycles. The van der Waals surface area contributed by atoms with Crippen LogP contribution in [0.25, 0.3) is 22.0 Å². The summed E-state index contributed by atoms with van der Waals surface area (Å²) in [7, 11) is 1.92. The van der Waals surface area contributed by atoms with Gasteiger partial charge in [-0.05, 0) is 63.9 Å². The van der Waals surface area contributed by atoms with Gasteiger partial charge in [0.05, 0.1) is 12.3 Å². The van der Waals surface area contributed by atoms with E-state index in [0.717, 1.165) is 16.5 Å². The third-order valence-corrected chi connectivity index (χ3v) is 5.85. The standard InChI is InChI=1S/C27H36N/c1-17(2)21-15-24(18(3)4)19(5)25(16-21)26-23-11-10-22(27(6,7)8)14-20(23)12-13-28(26)9/h10-18H,1-9H3/q+1/i12D,13D. The molecule has 0 N–H and O–H groups in total. The van der Waals surface area contributed by atoms with E-state index in [-0.39, 0.29) is 11.6 Å². The van der Waals surface area contributed by atoms with Crippen LogP contribution < -0.4 is 4.57 Å². The van der Waals surface area contributed by atoms with Gasteiger partial charge in [-0.3, -0.25) is 0 Å². The number of benzene rings is 2. The molecule has 0 fully saturated rings. The van der Waals surface area contributed by atoms with Crippen molar-refractivity contribution in [2.45, 2.75) is 72.6 Å². The molecule has 3 aromatic rings. The molecule has 1 heteroatoms. The van der Waals surface area contributed by atoms with E-state index in [0.29, 0.717) is 17.9 Å². The molecule has 148 valence electrons. The highest BCUT2D eigenvalue weighted by Crippen LogP contribution is 2.36. The van der Waals surface area contributed by atoms with Crippen molar-refractivity contribution >= 4 is 10.8 Å². The van der Waals surface area contributed by atoms with E-state index in [1.165, 1.54) is 27.8 Å². The Kier molecular flexibility index (Phi) is 4.70. The van der Waals surface area contributed by atoms with Gasteiger partial charge < -0.3 is 0 Å². The minimum atomic E-state index is -0.000694. The molecule has 0 aliphatic carbocycles. The van der Waals surface area contributed by atoms with Gasteiger partial charge in [0.25, 0.3) is 0 Å². The molecule has 2 aromatic carbocycles. The van der Waals surface area contributed by atoms with Crippen molar-refractivity contribution in [3.8, 4) is 11.3 Å². The van der Waals surface area contributed by atoms with Crippen LogP contribution in [0.2, 0.25) is 0 Å². The van der Waals surface area contributed by atoms with E-state index in [1.807, 2.05) is 11.6 Å². The molecule has 0 spiro atoms. The average Bonchev–Trinajstić information content (AvgIpc) is 2.66. The van der Waals surface area contributed by atoms with Gasteiger partial charge >= 0.3 is 0 Å². The second-order valence-electron chi connectivity index (χ2n) is 9.75. The van der Waals surface area contributed by atoms with Gasteiger partial charge in [0, 0.05) is 6.04 Å². The van der Waals surface area contributed by atoms with E-state index >= 15 is 0 Å². The van der Waals surface area contributed by atoms with Gasteiger partial charge in [0.2, 0.25) is 5.69 Å². The largest absolute Gasteiger partial charge is 0.220 e. The first kappa shape index (κ1) is 17.9. The third-order valence-electron chi connectivity index (χ3n) is 5.85. The molecule has 1 nitrogen and oxygen atoms in total. The molecule has 3 rings (SSSR count). The summed E-state index contributed by atoms with van der Waals surface area (Å²) in [6, 6.07) is 11.4. The van der Waals surface area contributed by atoms with E-state index < -0.39 is 0 Å². The fourth-order valence-electron chi connectivity index (χ4n) is 3.97. The Bertz CT molecular complexity index is 1120. The molecular formula is C27H36N+. The van der Waals surface area contributed by atoms with Gasteiger partial charge in [-0.15, -0.1) is 0 Å². The predicted molar refractivity (Wildman–Crippen MR) is 122 cm³/mol. The van der Waals surface area contributed by atoms with Crippen LogP contribution >= 0.6 is 0 Å². The van der Waals surface area contributed by atoms with Crippen LogP contribution in [0.1, 0.15) is 85.3 Å². The van der Waals surface area contributed by atoms with Crippen molar-refractivity contribution in [3.63, 3.8) is 0 Å². The normalized spacial score (nSPS) is 13.4. The van der Waals surface area contributed by atoms with Gasteiger partial charge in [0.15, 0.2) is 6.17 Å². The molecule has 0 saturated heterocycles. The number of hydrogen-bond acceptors (Lipinski definition) is 0. The summed E-state index contributed by atoms with van der Waals surface area (Å²) < 4.78 is 19.2. The molecule has 0 radical (unpaired) electrons. The van der Waals surface area contributed by atoms with E-state index in [9.17, 15) is 0 Å². The smallest absolute Gasteiger partial charge is 0.200 e. The quantitative estimate of drug-likeness (QED) is 0.426. The Labute approximate surface area is 174 Å². The van der Waals surface area contributed by atoms with Crippen molar-refractivity contribution < 1.29 is 7.31 Å². The number of aromatic nitrogens is 1. The maximum Gasteiger partial charge on any atom is 0.220 e. The Hall–Kier alpha value is -2.15. The monoisotopic (exact) mass is 376 g/mol. The minimum absolute atomic E-state index is 0.000694.